The summed E-state index contributed by atoms with van der Waals surface area (Å²) in [5.74, 6) is 0.0383. The Morgan fingerprint density at radius 2 is 1.80 bits per heavy atom. The minimum absolute atomic E-state index is 0.0406. The molecule has 3 nitrogen and oxygen atoms in total. The number of allylic oxidation sites excluding steroid dienone is 4. The van der Waals surface area contributed by atoms with Crippen LogP contribution < -0.4 is 0 Å². The molecule has 0 N–H and O–H groups in total. The van der Waals surface area contributed by atoms with Crippen LogP contribution in [0.4, 0.5) is 13.2 Å². The van der Waals surface area contributed by atoms with E-state index in [1.807, 2.05) is 36.1 Å². The highest BCUT2D eigenvalue weighted by Crippen LogP contribution is 2.26. The maximum Gasteiger partial charge on any atom is 0.412 e. The van der Waals surface area contributed by atoms with Gasteiger partial charge in [0.2, 0.25) is 0 Å². The van der Waals surface area contributed by atoms with Gasteiger partial charge in [-0.05, 0) is 69.3 Å². The summed E-state index contributed by atoms with van der Waals surface area (Å²) in [7, 11) is 0. The molecule has 2 fully saturated rings. The lowest BCUT2D eigenvalue weighted by Gasteiger charge is -2.28. The highest BCUT2D eigenvalue weighted by molar-refractivity contribution is 5.94. The van der Waals surface area contributed by atoms with Gasteiger partial charge in [0.1, 0.15) is 0 Å². The second kappa shape index (κ2) is 9.82. The number of amides is 1. The first-order valence-electron chi connectivity index (χ1n) is 10.8. The highest BCUT2D eigenvalue weighted by Gasteiger charge is 2.31. The van der Waals surface area contributed by atoms with Gasteiger partial charge in [0.15, 0.2) is 0 Å². The van der Waals surface area contributed by atoms with Gasteiger partial charge in [-0.2, -0.15) is 13.2 Å². The Labute approximate surface area is 177 Å². The Hall–Kier alpha value is -2.08. The molecule has 164 valence electrons. The molecular formula is C24H31F3N2O. The van der Waals surface area contributed by atoms with Crippen molar-refractivity contribution in [2.45, 2.75) is 57.7 Å². The first-order valence-corrected chi connectivity index (χ1v) is 10.8. The van der Waals surface area contributed by atoms with Gasteiger partial charge in [-0.15, -0.1) is 0 Å². The molecule has 2 aliphatic rings. The maximum atomic E-state index is 13.0. The van der Waals surface area contributed by atoms with E-state index in [1.165, 1.54) is 18.9 Å². The fourth-order valence-electron chi connectivity index (χ4n) is 4.22. The molecule has 2 unspecified atom stereocenters. The summed E-state index contributed by atoms with van der Waals surface area (Å²) in [5, 5.41) is 0. The van der Waals surface area contributed by atoms with Crippen LogP contribution in [0.2, 0.25) is 0 Å². The minimum atomic E-state index is -4.29. The predicted molar refractivity (Wildman–Crippen MR) is 114 cm³/mol. The number of hydrogen-bond acceptors (Lipinski definition) is 2. The lowest BCUT2D eigenvalue weighted by atomic mass is 9.98. The number of nitrogens with zero attached hydrogens (tertiary/aromatic N) is 2. The largest absolute Gasteiger partial charge is 0.412 e. The number of likely N-dealkylation sites (tertiary alicyclic amines) is 2. The topological polar surface area (TPSA) is 23.6 Å². The van der Waals surface area contributed by atoms with Crippen molar-refractivity contribution in [3.8, 4) is 0 Å². The fourth-order valence-corrected chi connectivity index (χ4v) is 4.22. The first kappa shape index (κ1) is 22.6. The zero-order valence-corrected chi connectivity index (χ0v) is 17.8. The number of halogens is 3. The molecule has 1 amide bonds. The molecule has 2 saturated heterocycles. The van der Waals surface area contributed by atoms with Gasteiger partial charge < -0.3 is 9.80 Å². The molecule has 1 aromatic carbocycles. The second-order valence-corrected chi connectivity index (χ2v) is 8.45. The zero-order valence-electron chi connectivity index (χ0n) is 17.8. The second-order valence-electron chi connectivity index (χ2n) is 8.45. The lowest BCUT2D eigenvalue weighted by Crippen LogP contribution is -2.42. The van der Waals surface area contributed by atoms with E-state index in [9.17, 15) is 18.0 Å². The van der Waals surface area contributed by atoms with Crippen LogP contribution in [-0.4, -0.2) is 54.1 Å². The molecule has 0 bridgehead atoms. The molecule has 0 aliphatic carbocycles. The summed E-state index contributed by atoms with van der Waals surface area (Å²) >= 11 is 0. The summed E-state index contributed by atoms with van der Waals surface area (Å²) in [6.45, 7) is 7.04. The van der Waals surface area contributed by atoms with Crippen molar-refractivity contribution in [1.82, 2.24) is 9.80 Å². The van der Waals surface area contributed by atoms with Gasteiger partial charge >= 0.3 is 6.18 Å². The van der Waals surface area contributed by atoms with Crippen molar-refractivity contribution < 1.29 is 18.0 Å². The van der Waals surface area contributed by atoms with Crippen LogP contribution in [0, 0.1) is 0 Å². The Kier molecular flexibility index (Phi) is 7.40. The molecule has 0 spiro atoms. The van der Waals surface area contributed by atoms with E-state index < -0.39 is 11.7 Å². The molecule has 1 aromatic rings. The SMILES string of the molecule is C/C(=C\C=C/C(C)c1ccc(C(=O)N2CCCC2CN2CCCC2)cc1)C(F)(F)F. The highest BCUT2D eigenvalue weighted by atomic mass is 19.4. The van der Waals surface area contributed by atoms with Gasteiger partial charge in [-0.3, -0.25) is 4.79 Å². The molecule has 0 radical (unpaired) electrons. The molecule has 3 rings (SSSR count). The molecule has 30 heavy (non-hydrogen) atoms. The van der Waals surface area contributed by atoms with Gasteiger partial charge in [0.25, 0.3) is 5.91 Å². The summed E-state index contributed by atoms with van der Waals surface area (Å²) in [4.78, 5) is 17.5. The first-order chi connectivity index (χ1) is 14.3. The van der Waals surface area contributed by atoms with E-state index >= 15 is 0 Å². The quantitative estimate of drug-likeness (QED) is 0.563. The smallest absolute Gasteiger partial charge is 0.334 e. The zero-order chi connectivity index (χ0) is 21.7. The standard InChI is InChI=1S/C24H31F3N2O/c1-18(7-5-8-19(2)24(25,26)27)20-10-12-21(13-11-20)23(30)29-16-6-9-22(29)17-28-14-3-4-15-28/h5,7-8,10-13,18,22H,3-4,6,9,14-17H2,1-2H3/b7-5-,19-8+. The number of benzene rings is 1. The van der Waals surface area contributed by atoms with E-state index in [2.05, 4.69) is 4.90 Å². The number of carbonyl (C=O) groups is 1. The molecule has 2 atom stereocenters. The van der Waals surface area contributed by atoms with Crippen molar-refractivity contribution in [3.05, 3.63) is 59.2 Å². The molecule has 2 heterocycles. The van der Waals surface area contributed by atoms with Crippen LogP contribution in [-0.2, 0) is 0 Å². The molecular weight excluding hydrogens is 389 g/mol. The summed E-state index contributed by atoms with van der Waals surface area (Å²) in [6, 6.07) is 7.76. The van der Waals surface area contributed by atoms with Crippen LogP contribution in [0.1, 0.15) is 61.4 Å². The molecule has 0 saturated carbocycles. The number of carbonyl (C=O) groups excluding carboxylic acids is 1. The van der Waals surface area contributed by atoms with Gasteiger partial charge in [0.05, 0.1) is 0 Å². The Morgan fingerprint density at radius 1 is 1.13 bits per heavy atom. The van der Waals surface area contributed by atoms with Crippen LogP contribution in [0.25, 0.3) is 0 Å². The Balaban J connectivity index is 1.61. The Morgan fingerprint density at radius 3 is 2.43 bits per heavy atom. The number of hydrogen-bond donors (Lipinski definition) is 0. The Bertz CT molecular complexity index is 777. The number of alkyl halides is 3. The summed E-state index contributed by atoms with van der Waals surface area (Å²) < 4.78 is 37.6. The minimum Gasteiger partial charge on any atom is -0.334 e. The number of rotatable bonds is 6. The monoisotopic (exact) mass is 420 g/mol. The van der Waals surface area contributed by atoms with Crippen molar-refractivity contribution in [2.24, 2.45) is 0 Å². The predicted octanol–water partition coefficient (Wildman–Crippen LogP) is 5.56. The third-order valence-electron chi connectivity index (χ3n) is 6.18. The van der Waals surface area contributed by atoms with Crippen LogP contribution in [0.5, 0.6) is 0 Å². The lowest BCUT2D eigenvalue weighted by molar-refractivity contribution is -0.0913. The molecule has 6 heteroatoms. The third-order valence-corrected chi connectivity index (χ3v) is 6.18. The molecule has 2 aliphatic heterocycles. The summed E-state index contributed by atoms with van der Waals surface area (Å²) in [6.07, 6.45) is 4.58. The van der Waals surface area contributed by atoms with Gasteiger partial charge in [-0.1, -0.05) is 37.3 Å². The van der Waals surface area contributed by atoms with E-state index in [0.29, 0.717) is 11.6 Å². The van der Waals surface area contributed by atoms with Crippen LogP contribution in [0.15, 0.2) is 48.1 Å². The van der Waals surface area contributed by atoms with Gasteiger partial charge in [-0.25, -0.2) is 0 Å². The fraction of sp³-hybridized carbons (Fsp3) is 0.542. The van der Waals surface area contributed by atoms with Crippen LogP contribution in [0.3, 0.4) is 0 Å². The normalized spacial score (nSPS) is 22.2. The van der Waals surface area contributed by atoms with E-state index in [0.717, 1.165) is 57.6 Å². The average Bonchev–Trinajstić information content (AvgIpc) is 3.39. The summed E-state index contributed by atoms with van der Waals surface area (Å²) in [5.41, 5.74) is 1.02. The van der Waals surface area contributed by atoms with Crippen molar-refractivity contribution in [3.63, 3.8) is 0 Å². The van der Waals surface area contributed by atoms with Crippen molar-refractivity contribution in [2.75, 3.05) is 26.2 Å². The van der Waals surface area contributed by atoms with Crippen LogP contribution >= 0.6 is 0 Å². The van der Waals surface area contributed by atoms with Gasteiger partial charge in [0, 0.05) is 30.3 Å². The van der Waals surface area contributed by atoms with Crippen molar-refractivity contribution >= 4 is 5.91 Å². The van der Waals surface area contributed by atoms with E-state index in [-0.39, 0.29) is 11.8 Å². The van der Waals surface area contributed by atoms with E-state index in [1.54, 1.807) is 6.08 Å². The van der Waals surface area contributed by atoms with Crippen molar-refractivity contribution in [1.29, 1.82) is 0 Å². The van der Waals surface area contributed by atoms with E-state index in [4.69, 9.17) is 0 Å². The average molecular weight is 421 g/mol. The third kappa shape index (κ3) is 5.75. The molecule has 0 aromatic heterocycles. The maximum absolute atomic E-state index is 13.0.